The van der Waals surface area contributed by atoms with Gasteiger partial charge in [0.25, 0.3) is 0 Å². The first-order valence-corrected chi connectivity index (χ1v) is 14.1. The van der Waals surface area contributed by atoms with Crippen LogP contribution >= 0.6 is 0 Å². The second-order valence-electron chi connectivity index (χ2n) is 10.5. The lowest BCUT2D eigenvalue weighted by molar-refractivity contribution is 1.25. The minimum Gasteiger partial charge on any atom is -0.311 e. The number of hydrogen-bond acceptors (Lipinski definition) is 2. The summed E-state index contributed by atoms with van der Waals surface area (Å²) in [7, 11) is 0. The number of benzene rings is 6. The molecule has 0 fully saturated rings. The van der Waals surface area contributed by atoms with Crippen molar-refractivity contribution >= 4 is 34.1 Å². The van der Waals surface area contributed by atoms with Crippen LogP contribution in [-0.4, -0.2) is 0 Å². The Labute approximate surface area is 243 Å². The molecule has 41 heavy (non-hydrogen) atoms. The van der Waals surface area contributed by atoms with Gasteiger partial charge in [-0.15, -0.1) is 0 Å². The fraction of sp³-hybridized carbons (Fsp3) is 0.0769. The molecule has 6 rings (SSSR count). The maximum absolute atomic E-state index is 2.32. The molecule has 2 heteroatoms. The van der Waals surface area contributed by atoms with Crippen molar-refractivity contribution in [1.82, 2.24) is 0 Å². The average molecular weight is 531 g/mol. The molecule has 0 aromatic heterocycles. The Hall–Kier alpha value is -5.08. The second kappa shape index (κ2) is 11.6. The SMILES string of the molecule is Cc1ccc(N(c2ccccc2)c2ccc(-c3ccc(N(c4ccccc4)c4ccc(C)c(C)c4)cc3)cc2)cc1. The smallest absolute Gasteiger partial charge is 0.0464 e. The zero-order valence-electron chi connectivity index (χ0n) is 23.8. The summed E-state index contributed by atoms with van der Waals surface area (Å²) in [6.07, 6.45) is 0. The summed E-state index contributed by atoms with van der Waals surface area (Å²) in [4.78, 5) is 4.62. The van der Waals surface area contributed by atoms with E-state index in [1.54, 1.807) is 0 Å². The topological polar surface area (TPSA) is 6.48 Å². The van der Waals surface area contributed by atoms with Gasteiger partial charge in [-0.3, -0.25) is 0 Å². The van der Waals surface area contributed by atoms with E-state index in [2.05, 4.69) is 182 Å². The highest BCUT2D eigenvalue weighted by Crippen LogP contribution is 2.38. The van der Waals surface area contributed by atoms with E-state index in [-0.39, 0.29) is 0 Å². The van der Waals surface area contributed by atoms with Crippen LogP contribution in [0.3, 0.4) is 0 Å². The van der Waals surface area contributed by atoms with Crippen molar-refractivity contribution in [1.29, 1.82) is 0 Å². The number of hydrogen-bond donors (Lipinski definition) is 0. The Morgan fingerprint density at radius 3 is 1.12 bits per heavy atom. The van der Waals surface area contributed by atoms with Gasteiger partial charge in [-0.1, -0.05) is 84.4 Å². The monoisotopic (exact) mass is 530 g/mol. The van der Waals surface area contributed by atoms with Crippen LogP contribution in [0.1, 0.15) is 16.7 Å². The zero-order valence-corrected chi connectivity index (χ0v) is 23.8. The van der Waals surface area contributed by atoms with Crippen molar-refractivity contribution in [2.75, 3.05) is 9.80 Å². The lowest BCUT2D eigenvalue weighted by atomic mass is 10.0. The van der Waals surface area contributed by atoms with Crippen molar-refractivity contribution in [3.63, 3.8) is 0 Å². The number of anilines is 6. The Kier molecular flexibility index (Phi) is 7.38. The van der Waals surface area contributed by atoms with Gasteiger partial charge in [-0.2, -0.15) is 0 Å². The van der Waals surface area contributed by atoms with Gasteiger partial charge in [0.2, 0.25) is 0 Å². The predicted octanol–water partition coefficient (Wildman–Crippen LogP) is 11.2. The van der Waals surface area contributed by atoms with Crippen LogP contribution in [0.5, 0.6) is 0 Å². The molecule has 0 atom stereocenters. The summed E-state index contributed by atoms with van der Waals surface area (Å²) in [5.74, 6) is 0. The molecule has 6 aromatic rings. The van der Waals surface area contributed by atoms with E-state index in [1.165, 1.54) is 27.8 Å². The van der Waals surface area contributed by atoms with E-state index in [4.69, 9.17) is 0 Å². The summed E-state index contributed by atoms with van der Waals surface area (Å²) < 4.78 is 0. The Balaban J connectivity index is 1.32. The van der Waals surface area contributed by atoms with Crippen LogP contribution in [0.25, 0.3) is 11.1 Å². The maximum Gasteiger partial charge on any atom is 0.0464 e. The average Bonchev–Trinajstić information content (AvgIpc) is 3.02. The highest BCUT2D eigenvalue weighted by molar-refractivity contribution is 5.80. The molecule has 0 unspecified atom stereocenters. The molecule has 2 nitrogen and oxygen atoms in total. The summed E-state index contributed by atoms with van der Waals surface area (Å²) in [6, 6.07) is 54.2. The van der Waals surface area contributed by atoms with Crippen molar-refractivity contribution in [3.8, 4) is 11.1 Å². The van der Waals surface area contributed by atoms with E-state index in [0.29, 0.717) is 0 Å². The van der Waals surface area contributed by atoms with Crippen molar-refractivity contribution in [2.45, 2.75) is 20.8 Å². The van der Waals surface area contributed by atoms with Gasteiger partial charge in [0, 0.05) is 34.1 Å². The van der Waals surface area contributed by atoms with Crippen LogP contribution in [-0.2, 0) is 0 Å². The van der Waals surface area contributed by atoms with Gasteiger partial charge >= 0.3 is 0 Å². The molecule has 0 aliphatic carbocycles. The third kappa shape index (κ3) is 5.64. The normalized spacial score (nSPS) is 10.8. The fourth-order valence-corrected chi connectivity index (χ4v) is 5.21. The molecule has 0 heterocycles. The zero-order chi connectivity index (χ0) is 28.2. The lowest BCUT2D eigenvalue weighted by Gasteiger charge is -2.26. The third-order valence-corrected chi connectivity index (χ3v) is 7.65. The first-order chi connectivity index (χ1) is 20.1. The van der Waals surface area contributed by atoms with Crippen molar-refractivity contribution in [2.24, 2.45) is 0 Å². The lowest BCUT2D eigenvalue weighted by Crippen LogP contribution is -2.10. The molecular formula is C39H34N2. The molecule has 0 aliphatic heterocycles. The van der Waals surface area contributed by atoms with Gasteiger partial charge < -0.3 is 9.80 Å². The van der Waals surface area contributed by atoms with E-state index < -0.39 is 0 Å². The molecule has 0 aliphatic rings. The Morgan fingerprint density at radius 1 is 0.317 bits per heavy atom. The van der Waals surface area contributed by atoms with Crippen LogP contribution in [0.15, 0.2) is 152 Å². The Bertz CT molecular complexity index is 1720. The predicted molar refractivity (Wildman–Crippen MR) is 175 cm³/mol. The number of aryl methyl sites for hydroxylation is 3. The van der Waals surface area contributed by atoms with E-state index in [9.17, 15) is 0 Å². The van der Waals surface area contributed by atoms with E-state index in [0.717, 1.165) is 34.1 Å². The molecule has 0 saturated heterocycles. The summed E-state index contributed by atoms with van der Waals surface area (Å²) in [6.45, 7) is 6.45. The van der Waals surface area contributed by atoms with E-state index >= 15 is 0 Å². The van der Waals surface area contributed by atoms with Gasteiger partial charge in [0.05, 0.1) is 0 Å². The summed E-state index contributed by atoms with van der Waals surface area (Å²) in [5, 5.41) is 0. The van der Waals surface area contributed by atoms with Crippen LogP contribution in [0.4, 0.5) is 34.1 Å². The largest absolute Gasteiger partial charge is 0.311 e. The Morgan fingerprint density at radius 2 is 0.683 bits per heavy atom. The van der Waals surface area contributed by atoms with Crippen LogP contribution in [0, 0.1) is 20.8 Å². The van der Waals surface area contributed by atoms with E-state index in [1.807, 2.05) is 0 Å². The van der Waals surface area contributed by atoms with Crippen LogP contribution in [0.2, 0.25) is 0 Å². The molecule has 0 N–H and O–H groups in total. The first-order valence-electron chi connectivity index (χ1n) is 14.1. The molecule has 6 aromatic carbocycles. The molecule has 0 saturated carbocycles. The molecule has 0 amide bonds. The number of nitrogens with zero attached hydrogens (tertiary/aromatic N) is 2. The summed E-state index contributed by atoms with van der Waals surface area (Å²) >= 11 is 0. The van der Waals surface area contributed by atoms with Crippen molar-refractivity contribution < 1.29 is 0 Å². The van der Waals surface area contributed by atoms with Gasteiger partial charge in [-0.05, 0) is 116 Å². The highest BCUT2D eigenvalue weighted by Gasteiger charge is 2.15. The molecular weight excluding hydrogens is 496 g/mol. The third-order valence-electron chi connectivity index (χ3n) is 7.65. The molecule has 0 spiro atoms. The molecule has 0 radical (unpaired) electrons. The van der Waals surface area contributed by atoms with Gasteiger partial charge in [-0.25, -0.2) is 0 Å². The van der Waals surface area contributed by atoms with Gasteiger partial charge in [0.1, 0.15) is 0 Å². The molecule has 0 bridgehead atoms. The number of para-hydroxylation sites is 2. The minimum atomic E-state index is 1.13. The second-order valence-corrected chi connectivity index (χ2v) is 10.5. The standard InChI is InChI=1S/C39H34N2/c1-29-14-21-36(22-15-29)40(34-10-6-4-7-11-34)37-24-17-32(18-25-37)33-19-26-38(27-20-33)41(35-12-8-5-9-13-35)39-23-16-30(2)31(3)28-39/h4-28H,1-3H3. The number of rotatable bonds is 7. The first kappa shape index (κ1) is 26.2. The van der Waals surface area contributed by atoms with Crippen LogP contribution < -0.4 is 9.80 Å². The fourth-order valence-electron chi connectivity index (χ4n) is 5.21. The van der Waals surface area contributed by atoms with Crippen molar-refractivity contribution in [3.05, 3.63) is 168 Å². The maximum atomic E-state index is 2.32. The highest BCUT2D eigenvalue weighted by atomic mass is 15.1. The minimum absolute atomic E-state index is 1.13. The van der Waals surface area contributed by atoms with Gasteiger partial charge in [0.15, 0.2) is 0 Å². The quantitative estimate of drug-likeness (QED) is 0.202. The summed E-state index contributed by atoms with van der Waals surface area (Å²) in [5.41, 5.74) is 13.1. The molecule has 200 valence electrons.